The molecule has 31 heavy (non-hydrogen) atoms. The largest absolute Gasteiger partial charge is 0.439 e. The summed E-state index contributed by atoms with van der Waals surface area (Å²) in [5.41, 5.74) is 8.68. The third kappa shape index (κ3) is 6.06. The second-order valence-corrected chi connectivity index (χ2v) is 7.82. The van der Waals surface area contributed by atoms with E-state index in [4.69, 9.17) is 10.5 Å². The van der Waals surface area contributed by atoms with E-state index in [0.717, 1.165) is 44.7 Å². The minimum atomic E-state index is 0.228. The molecule has 160 valence electrons. The van der Waals surface area contributed by atoms with E-state index >= 15 is 0 Å². The molecule has 0 unspecified atom stereocenters. The fourth-order valence-corrected chi connectivity index (χ4v) is 3.70. The first-order chi connectivity index (χ1) is 15.2. The Kier molecular flexibility index (Phi) is 6.79. The minimum Gasteiger partial charge on any atom is -0.439 e. The van der Waals surface area contributed by atoms with Crippen molar-refractivity contribution in [3.8, 4) is 11.6 Å². The summed E-state index contributed by atoms with van der Waals surface area (Å²) in [5, 5.41) is 0. The summed E-state index contributed by atoms with van der Waals surface area (Å²) in [6.07, 6.45) is 2.82. The summed E-state index contributed by atoms with van der Waals surface area (Å²) < 4.78 is 5.72. The van der Waals surface area contributed by atoms with Crippen LogP contribution in [0.3, 0.4) is 0 Å². The molecule has 2 heterocycles. The van der Waals surface area contributed by atoms with Gasteiger partial charge < -0.3 is 15.4 Å². The lowest BCUT2D eigenvalue weighted by Gasteiger charge is -2.34. The fourth-order valence-electron chi connectivity index (χ4n) is 3.70. The zero-order chi connectivity index (χ0) is 21.5. The molecule has 0 atom stereocenters. The maximum absolute atomic E-state index is 12.6. The number of ether oxygens (including phenoxy) is 1. The summed E-state index contributed by atoms with van der Waals surface area (Å²) in [4.78, 5) is 21.2. The van der Waals surface area contributed by atoms with Crippen molar-refractivity contribution >= 4 is 11.6 Å². The number of pyridine rings is 1. The molecule has 0 bridgehead atoms. The molecule has 1 saturated heterocycles. The molecule has 0 spiro atoms. The van der Waals surface area contributed by atoms with E-state index in [0.29, 0.717) is 23.7 Å². The number of nitrogen functional groups attached to an aromatic ring is 1. The Morgan fingerprint density at radius 1 is 0.903 bits per heavy atom. The molecule has 1 aliphatic heterocycles. The first-order valence-electron chi connectivity index (χ1n) is 10.7. The van der Waals surface area contributed by atoms with Gasteiger partial charge in [0.05, 0.1) is 11.9 Å². The highest BCUT2D eigenvalue weighted by Crippen LogP contribution is 2.21. The molecule has 1 amide bonds. The molecule has 0 saturated carbocycles. The van der Waals surface area contributed by atoms with Gasteiger partial charge in [0.1, 0.15) is 5.75 Å². The van der Waals surface area contributed by atoms with Gasteiger partial charge in [-0.1, -0.05) is 42.5 Å². The quantitative estimate of drug-likeness (QED) is 0.635. The number of carbonyl (C=O) groups is 1. The average Bonchev–Trinajstić information content (AvgIpc) is 2.81. The van der Waals surface area contributed by atoms with E-state index in [1.165, 1.54) is 5.56 Å². The number of nitrogens with two attached hydrogens (primary N) is 1. The maximum Gasteiger partial charge on any atom is 0.222 e. The number of anilines is 1. The first kappa shape index (κ1) is 20.9. The Morgan fingerprint density at radius 2 is 1.65 bits per heavy atom. The molecule has 1 aromatic heterocycles. The molecule has 3 aromatic rings. The van der Waals surface area contributed by atoms with Crippen LogP contribution in [-0.4, -0.2) is 46.9 Å². The van der Waals surface area contributed by atoms with Gasteiger partial charge in [-0.15, -0.1) is 0 Å². The second-order valence-electron chi connectivity index (χ2n) is 7.82. The summed E-state index contributed by atoms with van der Waals surface area (Å²) in [6, 6.07) is 21.8. The van der Waals surface area contributed by atoms with Crippen LogP contribution in [0.4, 0.5) is 5.69 Å². The van der Waals surface area contributed by atoms with Gasteiger partial charge in [0, 0.05) is 45.2 Å². The minimum absolute atomic E-state index is 0.228. The van der Waals surface area contributed by atoms with Crippen LogP contribution < -0.4 is 10.5 Å². The molecule has 6 nitrogen and oxygen atoms in total. The highest BCUT2D eigenvalue weighted by atomic mass is 16.5. The number of nitrogens with zero attached hydrogens (tertiary/aromatic N) is 3. The number of benzene rings is 2. The predicted octanol–water partition coefficient (Wildman–Crippen LogP) is 3.73. The van der Waals surface area contributed by atoms with Gasteiger partial charge in [-0.05, 0) is 35.7 Å². The molecule has 1 fully saturated rings. The van der Waals surface area contributed by atoms with Crippen molar-refractivity contribution in [1.29, 1.82) is 0 Å². The van der Waals surface area contributed by atoms with Crippen molar-refractivity contribution in [2.45, 2.75) is 19.4 Å². The van der Waals surface area contributed by atoms with Crippen molar-refractivity contribution in [3.63, 3.8) is 0 Å². The van der Waals surface area contributed by atoms with Crippen molar-refractivity contribution < 1.29 is 9.53 Å². The van der Waals surface area contributed by atoms with Crippen LogP contribution in [0, 0.1) is 0 Å². The summed E-state index contributed by atoms with van der Waals surface area (Å²) in [6.45, 7) is 4.39. The summed E-state index contributed by atoms with van der Waals surface area (Å²) >= 11 is 0. The Balaban J connectivity index is 1.20. The number of hydrogen-bond donors (Lipinski definition) is 1. The van der Waals surface area contributed by atoms with Gasteiger partial charge in [-0.25, -0.2) is 4.98 Å². The number of piperazine rings is 1. The predicted molar refractivity (Wildman–Crippen MR) is 122 cm³/mol. The molecule has 0 radical (unpaired) electrons. The van der Waals surface area contributed by atoms with Gasteiger partial charge in [-0.2, -0.15) is 0 Å². The first-order valence-corrected chi connectivity index (χ1v) is 10.7. The maximum atomic E-state index is 12.6. The van der Waals surface area contributed by atoms with Crippen molar-refractivity contribution in [1.82, 2.24) is 14.8 Å². The molecule has 6 heteroatoms. The van der Waals surface area contributed by atoms with Crippen LogP contribution in [0.1, 0.15) is 17.5 Å². The van der Waals surface area contributed by atoms with Crippen LogP contribution in [0.5, 0.6) is 11.6 Å². The molecular weight excluding hydrogens is 388 g/mol. The molecule has 0 aliphatic carbocycles. The average molecular weight is 417 g/mol. The molecule has 1 aliphatic rings. The zero-order valence-electron chi connectivity index (χ0n) is 17.6. The van der Waals surface area contributed by atoms with Crippen molar-refractivity contribution in [2.24, 2.45) is 0 Å². The monoisotopic (exact) mass is 416 g/mol. The molecule has 2 N–H and O–H groups in total. The standard InChI is InChI=1S/C25H28N4O2/c26-22-9-12-24(27-18-22)31-23-10-6-20(7-11-23)8-13-25(30)29-16-14-28(15-17-29)19-21-4-2-1-3-5-21/h1-7,9-12,18H,8,13-17,19,26H2. The van der Waals surface area contributed by atoms with Crippen LogP contribution >= 0.6 is 0 Å². The topological polar surface area (TPSA) is 71.7 Å². The van der Waals surface area contributed by atoms with E-state index in [1.807, 2.05) is 35.2 Å². The normalized spacial score (nSPS) is 14.4. The van der Waals surface area contributed by atoms with Gasteiger partial charge in [0.2, 0.25) is 11.8 Å². The van der Waals surface area contributed by atoms with Crippen LogP contribution in [-0.2, 0) is 17.8 Å². The number of aromatic nitrogens is 1. The number of hydrogen-bond acceptors (Lipinski definition) is 5. The van der Waals surface area contributed by atoms with E-state index in [2.05, 4.69) is 34.1 Å². The Labute approximate surface area is 183 Å². The third-order valence-corrected chi connectivity index (χ3v) is 5.51. The summed E-state index contributed by atoms with van der Waals surface area (Å²) in [5.74, 6) is 1.44. The van der Waals surface area contributed by atoms with Gasteiger partial charge in [0.25, 0.3) is 0 Å². The fraction of sp³-hybridized carbons (Fsp3) is 0.280. The number of aryl methyl sites for hydroxylation is 1. The van der Waals surface area contributed by atoms with Crippen molar-refractivity contribution in [2.75, 3.05) is 31.9 Å². The molecule has 4 rings (SSSR count). The van der Waals surface area contributed by atoms with E-state index in [1.54, 1.807) is 18.3 Å². The van der Waals surface area contributed by atoms with Crippen molar-refractivity contribution in [3.05, 3.63) is 84.1 Å². The van der Waals surface area contributed by atoms with Crippen LogP contribution in [0.2, 0.25) is 0 Å². The van der Waals surface area contributed by atoms with Crippen LogP contribution in [0.15, 0.2) is 72.9 Å². The van der Waals surface area contributed by atoms with E-state index in [9.17, 15) is 4.79 Å². The van der Waals surface area contributed by atoms with E-state index in [-0.39, 0.29) is 5.91 Å². The number of rotatable bonds is 7. The Morgan fingerprint density at radius 3 is 2.32 bits per heavy atom. The second kappa shape index (κ2) is 10.1. The number of carbonyl (C=O) groups excluding carboxylic acids is 1. The third-order valence-electron chi connectivity index (χ3n) is 5.51. The molecular formula is C25H28N4O2. The highest BCUT2D eigenvalue weighted by Gasteiger charge is 2.20. The SMILES string of the molecule is Nc1ccc(Oc2ccc(CCC(=O)N3CCN(Cc4ccccc4)CC3)cc2)nc1. The smallest absolute Gasteiger partial charge is 0.222 e. The lowest BCUT2D eigenvalue weighted by atomic mass is 10.1. The lowest BCUT2D eigenvalue weighted by Crippen LogP contribution is -2.48. The number of amides is 1. The Hall–Kier alpha value is -3.38. The van der Waals surface area contributed by atoms with Crippen LogP contribution in [0.25, 0.3) is 0 Å². The van der Waals surface area contributed by atoms with Gasteiger partial charge in [-0.3, -0.25) is 9.69 Å². The molecule has 2 aromatic carbocycles. The van der Waals surface area contributed by atoms with E-state index < -0.39 is 0 Å². The summed E-state index contributed by atoms with van der Waals surface area (Å²) in [7, 11) is 0. The zero-order valence-corrected chi connectivity index (χ0v) is 17.6. The highest BCUT2D eigenvalue weighted by molar-refractivity contribution is 5.76. The van der Waals surface area contributed by atoms with Gasteiger partial charge in [0.15, 0.2) is 0 Å². The Bertz CT molecular complexity index is 967. The lowest BCUT2D eigenvalue weighted by molar-refractivity contribution is -0.133. The van der Waals surface area contributed by atoms with Gasteiger partial charge >= 0.3 is 0 Å².